The second-order valence-electron chi connectivity index (χ2n) is 4.25. The van der Waals surface area contributed by atoms with Gasteiger partial charge < -0.3 is 5.73 Å². The van der Waals surface area contributed by atoms with Crippen molar-refractivity contribution in [1.29, 1.82) is 0 Å². The van der Waals surface area contributed by atoms with Gasteiger partial charge in [0.05, 0.1) is 5.69 Å². The molecular formula is C20H33FN2. The molecule has 2 aromatic rings. The van der Waals surface area contributed by atoms with E-state index in [0.717, 1.165) is 22.5 Å². The zero-order valence-electron chi connectivity index (χ0n) is 16.2. The van der Waals surface area contributed by atoms with Crippen LogP contribution in [-0.4, -0.2) is 4.98 Å². The highest BCUT2D eigenvalue weighted by atomic mass is 19.1. The van der Waals surface area contributed by atoms with Crippen LogP contribution in [0, 0.1) is 26.6 Å². The number of rotatable bonds is 1. The minimum atomic E-state index is -0.362. The molecule has 0 aliphatic carbocycles. The lowest BCUT2D eigenvalue weighted by molar-refractivity contribution is 0.634. The van der Waals surface area contributed by atoms with E-state index in [-0.39, 0.29) is 11.5 Å². The normalized spacial score (nSPS) is 8.61. The number of aromatic nitrogens is 1. The first-order chi connectivity index (χ1) is 11.0. The average molecular weight is 320 g/mol. The van der Waals surface area contributed by atoms with Gasteiger partial charge in [-0.2, -0.15) is 0 Å². The van der Waals surface area contributed by atoms with Crippen LogP contribution in [0.4, 0.5) is 10.1 Å². The number of nitrogen functional groups attached to an aromatic ring is 1. The van der Waals surface area contributed by atoms with Gasteiger partial charge in [0, 0.05) is 22.5 Å². The third-order valence-corrected chi connectivity index (χ3v) is 2.87. The van der Waals surface area contributed by atoms with E-state index in [2.05, 4.69) is 4.98 Å². The average Bonchev–Trinajstić information content (AvgIpc) is 2.59. The summed E-state index contributed by atoms with van der Waals surface area (Å²) in [6.45, 7) is 17.7. The molecule has 130 valence electrons. The predicted molar refractivity (Wildman–Crippen MR) is 102 cm³/mol. The van der Waals surface area contributed by atoms with Crippen molar-refractivity contribution in [1.82, 2.24) is 4.98 Å². The molecule has 2 rings (SSSR count). The molecule has 0 amide bonds. The number of halogens is 1. The minimum absolute atomic E-state index is 0.172. The Balaban J connectivity index is 0. The van der Waals surface area contributed by atoms with Crippen LogP contribution >= 0.6 is 0 Å². The van der Waals surface area contributed by atoms with Gasteiger partial charge in [0.2, 0.25) is 0 Å². The molecule has 0 aliphatic rings. The van der Waals surface area contributed by atoms with Crippen LogP contribution in [0.1, 0.15) is 58.5 Å². The van der Waals surface area contributed by atoms with E-state index in [1.54, 1.807) is 6.07 Å². The molecule has 0 unspecified atom stereocenters. The zero-order valence-corrected chi connectivity index (χ0v) is 16.2. The van der Waals surface area contributed by atoms with Gasteiger partial charge in [-0.1, -0.05) is 53.7 Å². The Kier molecular flexibility index (Phi) is 12.8. The highest BCUT2D eigenvalue weighted by Gasteiger charge is 2.13. The Bertz CT molecular complexity index is 578. The van der Waals surface area contributed by atoms with E-state index in [4.69, 9.17) is 5.73 Å². The van der Waals surface area contributed by atoms with E-state index >= 15 is 0 Å². The number of nitrogens with two attached hydrogens (primary N) is 1. The number of anilines is 1. The summed E-state index contributed by atoms with van der Waals surface area (Å²) in [6, 6.07) is 7.19. The summed E-state index contributed by atoms with van der Waals surface area (Å²) in [5.74, 6) is -0.362. The van der Waals surface area contributed by atoms with Gasteiger partial charge in [0.15, 0.2) is 5.82 Å². The van der Waals surface area contributed by atoms with Gasteiger partial charge in [-0.05, 0) is 38.5 Å². The molecule has 0 saturated carbocycles. The minimum Gasteiger partial charge on any atom is -0.396 e. The standard InChI is InChI=1S/C14H15FN2.3C2H6/c1-8-4-7-12(16)14(15)13(8)11-6-5-9(2)17-10(11)3;3*1-2/h4-7H,16H2,1-3H3;3*1-2H3. The van der Waals surface area contributed by atoms with Crippen molar-refractivity contribution < 1.29 is 4.39 Å². The van der Waals surface area contributed by atoms with Gasteiger partial charge in [0.25, 0.3) is 0 Å². The molecule has 0 saturated heterocycles. The lowest BCUT2D eigenvalue weighted by Gasteiger charge is -2.12. The maximum Gasteiger partial charge on any atom is 0.154 e. The first kappa shape index (κ1) is 23.4. The molecule has 1 aromatic carbocycles. The molecule has 0 aliphatic heterocycles. The van der Waals surface area contributed by atoms with E-state index in [9.17, 15) is 4.39 Å². The summed E-state index contributed by atoms with van der Waals surface area (Å²) in [4.78, 5) is 4.35. The first-order valence-corrected chi connectivity index (χ1v) is 8.50. The lowest BCUT2D eigenvalue weighted by Crippen LogP contribution is -1.99. The summed E-state index contributed by atoms with van der Waals surface area (Å²) >= 11 is 0. The van der Waals surface area contributed by atoms with Crippen LogP contribution in [0.2, 0.25) is 0 Å². The maximum atomic E-state index is 14.1. The largest absolute Gasteiger partial charge is 0.396 e. The zero-order chi connectivity index (χ0) is 18.6. The van der Waals surface area contributed by atoms with Crippen molar-refractivity contribution >= 4 is 5.69 Å². The summed E-state index contributed by atoms with van der Waals surface area (Å²) < 4.78 is 14.1. The lowest BCUT2D eigenvalue weighted by atomic mass is 9.98. The predicted octanol–water partition coefficient (Wildman–Crippen LogP) is 6.47. The van der Waals surface area contributed by atoms with Gasteiger partial charge in [-0.3, -0.25) is 4.98 Å². The molecule has 0 spiro atoms. The fourth-order valence-electron chi connectivity index (χ4n) is 1.97. The van der Waals surface area contributed by atoms with Crippen LogP contribution in [0.5, 0.6) is 0 Å². The number of aryl methyl sites for hydroxylation is 3. The van der Waals surface area contributed by atoms with E-state index in [1.165, 1.54) is 0 Å². The number of pyridine rings is 1. The molecule has 1 aromatic heterocycles. The fourth-order valence-corrected chi connectivity index (χ4v) is 1.97. The van der Waals surface area contributed by atoms with Crippen molar-refractivity contribution in [3.8, 4) is 11.1 Å². The van der Waals surface area contributed by atoms with Gasteiger partial charge >= 0.3 is 0 Å². The summed E-state index contributed by atoms with van der Waals surface area (Å²) in [5, 5.41) is 0. The molecule has 0 bridgehead atoms. The van der Waals surface area contributed by atoms with Gasteiger partial charge in [0.1, 0.15) is 0 Å². The Morgan fingerprint density at radius 2 is 1.35 bits per heavy atom. The van der Waals surface area contributed by atoms with Crippen molar-refractivity contribution in [2.45, 2.75) is 62.3 Å². The third-order valence-electron chi connectivity index (χ3n) is 2.87. The third kappa shape index (κ3) is 6.39. The van der Waals surface area contributed by atoms with Crippen LogP contribution in [-0.2, 0) is 0 Å². The molecule has 2 N–H and O–H groups in total. The van der Waals surface area contributed by atoms with E-state index in [0.29, 0.717) is 5.56 Å². The second-order valence-corrected chi connectivity index (χ2v) is 4.25. The Hall–Kier alpha value is -1.90. The molecule has 1 heterocycles. The highest BCUT2D eigenvalue weighted by Crippen LogP contribution is 2.31. The molecule has 23 heavy (non-hydrogen) atoms. The second kappa shape index (κ2) is 12.6. The molecule has 0 radical (unpaired) electrons. The summed E-state index contributed by atoms with van der Waals surface area (Å²) in [7, 11) is 0. The number of hydrogen-bond donors (Lipinski definition) is 1. The van der Waals surface area contributed by atoms with E-state index < -0.39 is 0 Å². The Morgan fingerprint density at radius 3 is 1.83 bits per heavy atom. The summed E-state index contributed by atoms with van der Waals surface area (Å²) in [5.41, 5.74) is 9.75. The number of nitrogens with zero attached hydrogens (tertiary/aromatic N) is 1. The number of hydrogen-bond acceptors (Lipinski definition) is 2. The number of benzene rings is 1. The highest BCUT2D eigenvalue weighted by molar-refractivity contribution is 5.73. The van der Waals surface area contributed by atoms with Crippen molar-refractivity contribution in [2.24, 2.45) is 0 Å². The SMILES string of the molecule is CC.CC.CC.Cc1ccc(-c2c(C)ccc(N)c2F)c(C)n1. The molecular weight excluding hydrogens is 287 g/mol. The summed E-state index contributed by atoms with van der Waals surface area (Å²) in [6.07, 6.45) is 0. The monoisotopic (exact) mass is 320 g/mol. The van der Waals surface area contributed by atoms with Crippen molar-refractivity contribution in [3.05, 3.63) is 47.0 Å². The first-order valence-electron chi connectivity index (χ1n) is 8.50. The molecule has 0 atom stereocenters. The van der Waals surface area contributed by atoms with Crippen LogP contribution in [0.15, 0.2) is 24.3 Å². The Labute approximate surface area is 142 Å². The van der Waals surface area contributed by atoms with E-state index in [1.807, 2.05) is 80.5 Å². The fraction of sp³-hybridized carbons (Fsp3) is 0.450. The van der Waals surface area contributed by atoms with Gasteiger partial charge in [-0.25, -0.2) is 4.39 Å². The molecule has 0 fully saturated rings. The van der Waals surface area contributed by atoms with Crippen molar-refractivity contribution in [2.75, 3.05) is 5.73 Å². The van der Waals surface area contributed by atoms with Crippen LogP contribution < -0.4 is 5.73 Å². The van der Waals surface area contributed by atoms with Gasteiger partial charge in [-0.15, -0.1) is 0 Å². The maximum absolute atomic E-state index is 14.1. The van der Waals surface area contributed by atoms with Crippen molar-refractivity contribution in [3.63, 3.8) is 0 Å². The Morgan fingerprint density at radius 1 is 0.826 bits per heavy atom. The van der Waals surface area contributed by atoms with Crippen LogP contribution in [0.25, 0.3) is 11.1 Å². The smallest absolute Gasteiger partial charge is 0.154 e. The molecule has 3 heteroatoms. The molecule has 2 nitrogen and oxygen atoms in total. The topological polar surface area (TPSA) is 38.9 Å². The van der Waals surface area contributed by atoms with Crippen LogP contribution in [0.3, 0.4) is 0 Å². The quantitative estimate of drug-likeness (QED) is 0.611.